The molecule has 0 fully saturated rings. The fourth-order valence-electron chi connectivity index (χ4n) is 0.940. The van der Waals surface area contributed by atoms with E-state index < -0.39 is 32.4 Å². The molecule has 82 valence electrons. The van der Waals surface area contributed by atoms with Gasteiger partial charge in [0.1, 0.15) is 11.3 Å². The second kappa shape index (κ2) is 3.85. The third-order valence-electron chi connectivity index (χ3n) is 1.65. The Morgan fingerprint density at radius 3 is 2.53 bits per heavy atom. The summed E-state index contributed by atoms with van der Waals surface area (Å²) in [6, 6.07) is 2.45. The van der Waals surface area contributed by atoms with Gasteiger partial charge in [-0.05, 0) is 18.2 Å². The maximum Gasteiger partial charge on any atom is 0.341 e. The lowest BCUT2D eigenvalue weighted by Gasteiger charge is -2.03. The maximum atomic E-state index is 12.5. The van der Waals surface area contributed by atoms with Crippen molar-refractivity contribution < 1.29 is 26.9 Å². The number of carbonyl (C=O) groups is 1. The number of hydrogen-bond donors (Lipinski definition) is 1. The van der Waals surface area contributed by atoms with Crippen molar-refractivity contribution in [1.29, 1.82) is 0 Å². The average Bonchev–Trinajstić information content (AvgIpc) is 2.15. The molecule has 0 unspecified atom stereocenters. The molecule has 0 radical (unpaired) electrons. The largest absolute Gasteiger partial charge is 0.507 e. The first-order chi connectivity index (χ1) is 6.86. The summed E-state index contributed by atoms with van der Waals surface area (Å²) in [6.07, 6.45) is 0. The van der Waals surface area contributed by atoms with Gasteiger partial charge in [-0.3, -0.25) is 0 Å². The molecule has 15 heavy (non-hydrogen) atoms. The molecule has 5 nitrogen and oxygen atoms in total. The zero-order valence-electron chi connectivity index (χ0n) is 7.60. The zero-order chi connectivity index (χ0) is 11.6. The van der Waals surface area contributed by atoms with Crippen LogP contribution in [0.3, 0.4) is 0 Å². The van der Waals surface area contributed by atoms with Crippen molar-refractivity contribution in [2.24, 2.45) is 0 Å². The number of carbonyl (C=O) groups excluding carboxylic acids is 1. The van der Waals surface area contributed by atoms with Crippen LogP contribution in [0.2, 0.25) is 0 Å². The molecule has 0 heterocycles. The van der Waals surface area contributed by atoms with Gasteiger partial charge < -0.3 is 9.84 Å². The van der Waals surface area contributed by atoms with E-state index in [9.17, 15) is 22.2 Å². The molecule has 0 aliphatic carbocycles. The first kappa shape index (κ1) is 11.4. The van der Waals surface area contributed by atoms with E-state index in [1.807, 2.05) is 0 Å². The quantitative estimate of drug-likeness (QED) is 0.605. The van der Waals surface area contributed by atoms with Gasteiger partial charge in [-0.15, -0.1) is 3.89 Å². The topological polar surface area (TPSA) is 80.7 Å². The van der Waals surface area contributed by atoms with Crippen LogP contribution in [0.15, 0.2) is 23.1 Å². The van der Waals surface area contributed by atoms with Gasteiger partial charge in [0.2, 0.25) is 0 Å². The fourth-order valence-corrected chi connectivity index (χ4v) is 1.43. The molecule has 0 aromatic heterocycles. The van der Waals surface area contributed by atoms with Crippen molar-refractivity contribution >= 4 is 16.2 Å². The Morgan fingerprint density at radius 1 is 1.47 bits per heavy atom. The monoisotopic (exact) mass is 234 g/mol. The number of phenols is 1. The van der Waals surface area contributed by atoms with Crippen LogP contribution in [0, 0.1) is 0 Å². The molecule has 0 saturated heterocycles. The first-order valence-corrected chi connectivity index (χ1v) is 5.10. The van der Waals surface area contributed by atoms with Crippen LogP contribution in [-0.4, -0.2) is 26.6 Å². The SMILES string of the molecule is COC(=O)c1cc(S(=O)(=O)F)ccc1O. The van der Waals surface area contributed by atoms with Crippen molar-refractivity contribution in [2.45, 2.75) is 4.90 Å². The molecule has 0 bridgehead atoms. The Hall–Kier alpha value is -1.63. The van der Waals surface area contributed by atoms with Crippen LogP contribution in [-0.2, 0) is 15.0 Å². The van der Waals surface area contributed by atoms with Gasteiger partial charge in [0.05, 0.1) is 12.0 Å². The van der Waals surface area contributed by atoms with Gasteiger partial charge in [0.25, 0.3) is 0 Å². The van der Waals surface area contributed by atoms with Crippen molar-refractivity contribution in [3.63, 3.8) is 0 Å². The zero-order valence-corrected chi connectivity index (χ0v) is 8.41. The summed E-state index contributed by atoms with van der Waals surface area (Å²) >= 11 is 0. The Labute approximate surface area is 85.3 Å². The number of esters is 1. The van der Waals surface area contributed by atoms with Gasteiger partial charge in [-0.1, -0.05) is 0 Å². The number of aromatic hydroxyl groups is 1. The van der Waals surface area contributed by atoms with Crippen molar-refractivity contribution in [2.75, 3.05) is 7.11 Å². The lowest BCUT2D eigenvalue weighted by atomic mass is 10.2. The maximum absolute atomic E-state index is 12.5. The van der Waals surface area contributed by atoms with E-state index in [0.29, 0.717) is 6.07 Å². The van der Waals surface area contributed by atoms with Crippen LogP contribution in [0.25, 0.3) is 0 Å². The highest BCUT2D eigenvalue weighted by Crippen LogP contribution is 2.22. The van der Waals surface area contributed by atoms with E-state index in [0.717, 1.165) is 19.2 Å². The molecule has 0 spiro atoms. The van der Waals surface area contributed by atoms with E-state index in [2.05, 4.69) is 4.74 Å². The van der Waals surface area contributed by atoms with Crippen molar-refractivity contribution in [3.05, 3.63) is 23.8 Å². The van der Waals surface area contributed by atoms with Gasteiger partial charge >= 0.3 is 16.2 Å². The summed E-state index contributed by atoms with van der Waals surface area (Å²) in [4.78, 5) is 10.3. The highest BCUT2D eigenvalue weighted by Gasteiger charge is 2.18. The second-order valence-electron chi connectivity index (χ2n) is 2.61. The normalized spacial score (nSPS) is 11.1. The van der Waals surface area contributed by atoms with Gasteiger partial charge in [0, 0.05) is 0 Å². The fraction of sp³-hybridized carbons (Fsp3) is 0.125. The van der Waals surface area contributed by atoms with E-state index in [1.165, 1.54) is 0 Å². The molecule has 0 atom stereocenters. The molecule has 1 aromatic rings. The molecular formula is C8H7FO5S. The molecule has 0 aliphatic heterocycles. The minimum atomic E-state index is -4.90. The molecule has 7 heteroatoms. The number of benzene rings is 1. The van der Waals surface area contributed by atoms with E-state index in [1.54, 1.807) is 0 Å². The Balaban J connectivity index is 3.36. The number of phenolic OH excluding ortho intramolecular Hbond substituents is 1. The Kier molecular flexibility index (Phi) is 2.94. The second-order valence-corrected chi connectivity index (χ2v) is 3.96. The van der Waals surface area contributed by atoms with Crippen LogP contribution in [0.5, 0.6) is 5.75 Å². The molecule has 1 N–H and O–H groups in total. The summed E-state index contributed by atoms with van der Waals surface area (Å²) in [5.41, 5.74) is -0.406. The molecule has 0 aliphatic rings. The van der Waals surface area contributed by atoms with Crippen LogP contribution >= 0.6 is 0 Å². The first-order valence-electron chi connectivity index (χ1n) is 3.72. The molecule has 0 saturated carbocycles. The molecule has 1 aromatic carbocycles. The van der Waals surface area contributed by atoms with E-state index >= 15 is 0 Å². The van der Waals surface area contributed by atoms with E-state index in [-0.39, 0.29) is 0 Å². The molecule has 1 rings (SSSR count). The Morgan fingerprint density at radius 2 is 2.07 bits per heavy atom. The van der Waals surface area contributed by atoms with Gasteiger partial charge in [-0.2, -0.15) is 8.42 Å². The summed E-state index contributed by atoms with van der Waals surface area (Å²) in [7, 11) is -3.85. The smallest absolute Gasteiger partial charge is 0.341 e. The summed E-state index contributed by atoms with van der Waals surface area (Å²) in [6.45, 7) is 0. The number of hydrogen-bond acceptors (Lipinski definition) is 5. The lowest BCUT2D eigenvalue weighted by molar-refractivity contribution is 0.0597. The highest BCUT2D eigenvalue weighted by molar-refractivity contribution is 7.86. The third-order valence-corrected chi connectivity index (χ3v) is 2.47. The van der Waals surface area contributed by atoms with Crippen molar-refractivity contribution in [3.8, 4) is 5.75 Å². The molecule has 0 amide bonds. The minimum absolute atomic E-state index is 0.406. The van der Waals surface area contributed by atoms with Crippen LogP contribution < -0.4 is 0 Å². The van der Waals surface area contributed by atoms with Crippen LogP contribution in [0.4, 0.5) is 3.89 Å². The summed E-state index contributed by atoms with van der Waals surface area (Å²) < 4.78 is 37.8. The average molecular weight is 234 g/mol. The predicted molar refractivity (Wildman–Crippen MR) is 47.7 cm³/mol. The van der Waals surface area contributed by atoms with Gasteiger partial charge in [0.15, 0.2) is 0 Å². The van der Waals surface area contributed by atoms with Crippen LogP contribution in [0.1, 0.15) is 10.4 Å². The number of rotatable bonds is 2. The van der Waals surface area contributed by atoms with Crippen molar-refractivity contribution in [1.82, 2.24) is 0 Å². The Bertz CT molecular complexity index is 494. The lowest BCUT2D eigenvalue weighted by Crippen LogP contribution is -2.03. The predicted octanol–water partition coefficient (Wildman–Crippen LogP) is 0.837. The minimum Gasteiger partial charge on any atom is -0.507 e. The third kappa shape index (κ3) is 2.44. The summed E-state index contributed by atoms with van der Waals surface area (Å²) in [5, 5.41) is 9.18. The number of methoxy groups -OCH3 is 1. The number of halogens is 1. The summed E-state index contributed by atoms with van der Waals surface area (Å²) in [5.74, 6) is -1.42. The molecular weight excluding hydrogens is 227 g/mol. The highest BCUT2D eigenvalue weighted by atomic mass is 32.3. The van der Waals surface area contributed by atoms with Gasteiger partial charge in [-0.25, -0.2) is 4.79 Å². The number of ether oxygens (including phenoxy) is 1. The van der Waals surface area contributed by atoms with E-state index in [4.69, 9.17) is 0 Å². The standard InChI is InChI=1S/C8H7FO5S/c1-14-8(11)6-4-5(15(9,12)13)2-3-7(6)10/h2-4,10H,1H3.